The zero-order chi connectivity index (χ0) is 16.8. The lowest BCUT2D eigenvalue weighted by atomic mass is 9.81. The van der Waals surface area contributed by atoms with Crippen LogP contribution in [0.4, 0.5) is 5.69 Å². The molecule has 2 heterocycles. The summed E-state index contributed by atoms with van der Waals surface area (Å²) in [5.74, 6) is -1.53. The molecule has 1 saturated heterocycles. The van der Waals surface area contributed by atoms with Crippen LogP contribution in [0.5, 0.6) is 0 Å². The number of fused-ring (bicyclic) bond motifs is 1. The minimum absolute atomic E-state index is 0.0868. The number of carboxylic acid groups (broad SMARTS) is 1. The number of carbonyl (C=O) groups excluding carboxylic acids is 1. The maximum atomic E-state index is 12.7. The first-order valence-electron chi connectivity index (χ1n) is 7.63. The average Bonchev–Trinajstić information content (AvgIpc) is 3.17. The maximum Gasteiger partial charge on any atom is 0.320 e. The van der Waals surface area contributed by atoms with Gasteiger partial charge in [-0.25, -0.2) is 0 Å². The first-order chi connectivity index (χ1) is 10.9. The number of hydrogen-bond donors (Lipinski definition) is 1. The van der Waals surface area contributed by atoms with Gasteiger partial charge in [-0.3, -0.25) is 24.4 Å². The summed E-state index contributed by atoms with van der Waals surface area (Å²) < 4.78 is 1.34. The highest BCUT2D eigenvalue weighted by molar-refractivity contribution is 5.97. The van der Waals surface area contributed by atoms with Crippen LogP contribution in [0.1, 0.15) is 36.7 Å². The number of carboxylic acids is 1. The normalized spacial score (nSPS) is 26.3. The van der Waals surface area contributed by atoms with Crippen molar-refractivity contribution >= 4 is 17.6 Å². The van der Waals surface area contributed by atoms with Gasteiger partial charge in [-0.05, 0) is 25.7 Å². The van der Waals surface area contributed by atoms with E-state index in [-0.39, 0.29) is 23.8 Å². The Bertz CT molecular complexity index is 685. The third-order valence-corrected chi connectivity index (χ3v) is 5.05. The van der Waals surface area contributed by atoms with Gasteiger partial charge in [-0.2, -0.15) is 5.10 Å². The second-order valence-electron chi connectivity index (χ2n) is 6.21. The highest BCUT2D eigenvalue weighted by atomic mass is 16.6. The van der Waals surface area contributed by atoms with Gasteiger partial charge in [0.15, 0.2) is 0 Å². The van der Waals surface area contributed by atoms with Crippen LogP contribution in [0.15, 0.2) is 6.20 Å². The van der Waals surface area contributed by atoms with E-state index in [2.05, 4.69) is 5.10 Å². The van der Waals surface area contributed by atoms with E-state index in [1.165, 1.54) is 15.8 Å². The van der Waals surface area contributed by atoms with Gasteiger partial charge >= 0.3 is 11.7 Å². The summed E-state index contributed by atoms with van der Waals surface area (Å²) in [7, 11) is 0. The first kappa shape index (κ1) is 15.4. The number of amides is 1. The Morgan fingerprint density at radius 1 is 1.57 bits per heavy atom. The molecule has 1 N–H and O–H groups in total. The summed E-state index contributed by atoms with van der Waals surface area (Å²) in [6, 6.07) is 0. The van der Waals surface area contributed by atoms with Crippen LogP contribution < -0.4 is 0 Å². The van der Waals surface area contributed by atoms with Crippen LogP contribution in [0, 0.1) is 21.4 Å². The molecule has 1 aromatic heterocycles. The number of aryl methyl sites for hydroxylation is 1. The highest BCUT2D eigenvalue weighted by Crippen LogP contribution is 2.49. The van der Waals surface area contributed by atoms with E-state index in [1.54, 1.807) is 6.92 Å². The lowest BCUT2D eigenvalue weighted by molar-refractivity contribution is -0.385. The molecule has 9 nitrogen and oxygen atoms in total. The molecule has 0 unspecified atom stereocenters. The predicted molar refractivity (Wildman–Crippen MR) is 77.9 cm³/mol. The lowest BCUT2D eigenvalue weighted by Crippen LogP contribution is -2.37. The number of nitrogens with zero attached hydrogens (tertiary/aromatic N) is 4. The Morgan fingerprint density at radius 2 is 2.30 bits per heavy atom. The van der Waals surface area contributed by atoms with E-state index in [1.807, 2.05) is 0 Å². The molecule has 0 bridgehead atoms. The molecule has 0 aromatic carbocycles. The van der Waals surface area contributed by atoms with E-state index in [9.17, 15) is 24.8 Å². The molecule has 3 rings (SSSR count). The second kappa shape index (κ2) is 5.32. The number of nitro groups is 1. The summed E-state index contributed by atoms with van der Waals surface area (Å²) in [5.41, 5.74) is -1.45. The van der Waals surface area contributed by atoms with Gasteiger partial charge in [0, 0.05) is 19.6 Å². The minimum Gasteiger partial charge on any atom is -0.481 e. The van der Waals surface area contributed by atoms with Gasteiger partial charge in [-0.15, -0.1) is 0 Å². The van der Waals surface area contributed by atoms with E-state index < -0.39 is 22.2 Å². The Morgan fingerprint density at radius 3 is 2.87 bits per heavy atom. The van der Waals surface area contributed by atoms with Crippen molar-refractivity contribution in [2.45, 2.75) is 32.7 Å². The van der Waals surface area contributed by atoms with E-state index in [0.29, 0.717) is 19.5 Å². The summed E-state index contributed by atoms with van der Waals surface area (Å²) in [6.45, 7) is 2.60. The zero-order valence-corrected chi connectivity index (χ0v) is 12.8. The van der Waals surface area contributed by atoms with Crippen LogP contribution in [0.2, 0.25) is 0 Å². The fourth-order valence-electron chi connectivity index (χ4n) is 3.80. The smallest absolute Gasteiger partial charge is 0.320 e. The molecule has 124 valence electrons. The molecule has 2 aliphatic rings. The molecule has 1 aliphatic carbocycles. The Balaban J connectivity index is 1.89. The van der Waals surface area contributed by atoms with Crippen molar-refractivity contribution in [3.63, 3.8) is 0 Å². The Kier molecular flexibility index (Phi) is 3.57. The number of aliphatic carboxylic acids is 1. The van der Waals surface area contributed by atoms with E-state index >= 15 is 0 Å². The SMILES string of the molecule is CCn1cc([N+](=O)[O-])c(C(=O)N2C[C@@H]3CCC[C@@]3(C(=O)O)C2)n1. The topological polar surface area (TPSA) is 119 Å². The molecule has 1 aromatic rings. The number of rotatable bonds is 4. The van der Waals surface area contributed by atoms with Gasteiger partial charge in [0.2, 0.25) is 5.69 Å². The molecule has 2 atom stereocenters. The third-order valence-electron chi connectivity index (χ3n) is 5.05. The van der Waals surface area contributed by atoms with Crippen molar-refractivity contribution in [2.75, 3.05) is 13.1 Å². The molecule has 23 heavy (non-hydrogen) atoms. The molecule has 2 fully saturated rings. The van der Waals surface area contributed by atoms with Crippen LogP contribution in [0.25, 0.3) is 0 Å². The summed E-state index contributed by atoms with van der Waals surface area (Å²) in [5, 5.41) is 24.7. The molecule has 1 saturated carbocycles. The predicted octanol–water partition coefficient (Wildman–Crippen LogP) is 1.14. The van der Waals surface area contributed by atoms with Crippen molar-refractivity contribution < 1.29 is 19.6 Å². The van der Waals surface area contributed by atoms with Gasteiger partial charge in [0.25, 0.3) is 5.91 Å². The summed E-state index contributed by atoms with van der Waals surface area (Å²) >= 11 is 0. The minimum atomic E-state index is -0.905. The van der Waals surface area contributed by atoms with Crippen molar-refractivity contribution in [1.82, 2.24) is 14.7 Å². The number of likely N-dealkylation sites (tertiary alicyclic amines) is 1. The molecule has 0 radical (unpaired) electrons. The molecule has 1 amide bonds. The Hall–Kier alpha value is -2.45. The van der Waals surface area contributed by atoms with E-state index in [0.717, 1.165) is 12.8 Å². The van der Waals surface area contributed by atoms with E-state index in [4.69, 9.17) is 0 Å². The highest BCUT2D eigenvalue weighted by Gasteiger charge is 2.56. The van der Waals surface area contributed by atoms with Crippen molar-refractivity contribution in [2.24, 2.45) is 11.3 Å². The fraction of sp³-hybridized carbons (Fsp3) is 0.643. The second-order valence-corrected chi connectivity index (χ2v) is 6.21. The van der Waals surface area contributed by atoms with Crippen LogP contribution in [-0.2, 0) is 11.3 Å². The van der Waals surface area contributed by atoms with Gasteiger partial charge < -0.3 is 10.0 Å². The molecule has 0 spiro atoms. The quantitative estimate of drug-likeness (QED) is 0.656. The van der Waals surface area contributed by atoms with Crippen molar-refractivity contribution in [3.8, 4) is 0 Å². The van der Waals surface area contributed by atoms with Gasteiger partial charge in [0.05, 0.1) is 10.3 Å². The van der Waals surface area contributed by atoms with Crippen LogP contribution >= 0.6 is 0 Å². The zero-order valence-electron chi connectivity index (χ0n) is 12.8. The average molecular weight is 322 g/mol. The first-order valence-corrected chi connectivity index (χ1v) is 7.63. The summed E-state index contributed by atoms with van der Waals surface area (Å²) in [4.78, 5) is 36.2. The molecular formula is C14H18N4O5. The standard InChI is InChI=1S/C14H18N4O5/c1-2-17-7-10(18(22)23)11(15-17)12(19)16-6-9-4-3-5-14(9,8-16)13(20)21/h7,9H,2-6,8H2,1H3,(H,20,21)/t9-,14+/m0/s1. The fourth-order valence-corrected chi connectivity index (χ4v) is 3.80. The molecule has 9 heteroatoms. The van der Waals surface area contributed by atoms with Gasteiger partial charge in [0.1, 0.15) is 6.20 Å². The monoisotopic (exact) mass is 322 g/mol. The van der Waals surface area contributed by atoms with Crippen molar-refractivity contribution in [1.29, 1.82) is 0 Å². The lowest BCUT2D eigenvalue weighted by Gasteiger charge is -2.22. The molecular weight excluding hydrogens is 304 g/mol. The third kappa shape index (κ3) is 2.27. The largest absolute Gasteiger partial charge is 0.481 e. The Labute approximate surface area is 132 Å². The van der Waals surface area contributed by atoms with Gasteiger partial charge in [-0.1, -0.05) is 6.42 Å². The number of carbonyl (C=O) groups is 2. The summed E-state index contributed by atoms with van der Waals surface area (Å²) in [6.07, 6.45) is 3.38. The van der Waals surface area contributed by atoms with Crippen LogP contribution in [-0.4, -0.2) is 49.7 Å². The molecule has 1 aliphatic heterocycles. The van der Waals surface area contributed by atoms with Crippen molar-refractivity contribution in [3.05, 3.63) is 22.0 Å². The maximum absolute atomic E-state index is 12.7. The number of hydrogen-bond acceptors (Lipinski definition) is 5. The number of aromatic nitrogens is 2. The van der Waals surface area contributed by atoms with Crippen LogP contribution in [0.3, 0.4) is 0 Å².